The van der Waals surface area contributed by atoms with Gasteiger partial charge in [0.2, 0.25) is 0 Å². The molecule has 0 aromatic carbocycles. The van der Waals surface area contributed by atoms with Crippen LogP contribution in [0.5, 0.6) is 0 Å². The average Bonchev–Trinajstić information content (AvgIpc) is 2.48. The van der Waals surface area contributed by atoms with Gasteiger partial charge in [-0.2, -0.15) is 0 Å². The number of amides is 1. The molecule has 1 saturated heterocycles. The number of aromatic nitrogens is 1. The predicted molar refractivity (Wildman–Crippen MR) is 74.4 cm³/mol. The van der Waals surface area contributed by atoms with E-state index in [1.807, 2.05) is 6.92 Å². The molecule has 1 amide bonds. The number of hydrogen-bond acceptors (Lipinski definition) is 3. The molecular formula is C15H20N2O3. The second-order valence-corrected chi connectivity index (χ2v) is 5.40. The minimum absolute atomic E-state index is 0.103. The lowest BCUT2D eigenvalue weighted by molar-refractivity contribution is -0.152. The molecule has 0 aliphatic carbocycles. The number of hydrogen-bond donors (Lipinski definition) is 1. The van der Waals surface area contributed by atoms with Gasteiger partial charge < -0.3 is 10.0 Å². The van der Waals surface area contributed by atoms with Crippen LogP contribution < -0.4 is 0 Å². The topological polar surface area (TPSA) is 70.5 Å². The van der Waals surface area contributed by atoms with Gasteiger partial charge in [0.25, 0.3) is 5.91 Å². The first-order valence-corrected chi connectivity index (χ1v) is 7.02. The second kappa shape index (κ2) is 6.03. The van der Waals surface area contributed by atoms with Crippen molar-refractivity contribution in [1.82, 2.24) is 9.88 Å². The van der Waals surface area contributed by atoms with E-state index in [4.69, 9.17) is 0 Å². The molecule has 1 unspecified atom stereocenters. The summed E-state index contributed by atoms with van der Waals surface area (Å²) in [7, 11) is 0. The fourth-order valence-corrected chi connectivity index (χ4v) is 2.95. The van der Waals surface area contributed by atoms with E-state index < -0.39 is 11.4 Å². The Bertz CT molecular complexity index is 485. The molecule has 0 radical (unpaired) electrons. The van der Waals surface area contributed by atoms with Gasteiger partial charge in [0.1, 0.15) is 0 Å². The van der Waals surface area contributed by atoms with Gasteiger partial charge in [0.05, 0.1) is 5.41 Å². The van der Waals surface area contributed by atoms with Gasteiger partial charge in [-0.05, 0) is 31.4 Å². The summed E-state index contributed by atoms with van der Waals surface area (Å²) in [6.07, 6.45) is 5.97. The molecule has 5 nitrogen and oxygen atoms in total. The van der Waals surface area contributed by atoms with Crippen LogP contribution in [0.2, 0.25) is 0 Å². The molecule has 0 saturated carbocycles. The van der Waals surface area contributed by atoms with Gasteiger partial charge in [-0.15, -0.1) is 0 Å². The zero-order chi connectivity index (χ0) is 14.6. The summed E-state index contributed by atoms with van der Waals surface area (Å²) in [5.74, 6) is -0.889. The summed E-state index contributed by atoms with van der Waals surface area (Å²) >= 11 is 0. The molecule has 108 valence electrons. The van der Waals surface area contributed by atoms with Crippen LogP contribution in [0.1, 0.15) is 43.0 Å². The van der Waals surface area contributed by atoms with Crippen molar-refractivity contribution < 1.29 is 14.7 Å². The summed E-state index contributed by atoms with van der Waals surface area (Å²) in [5.41, 5.74) is -0.215. The van der Waals surface area contributed by atoms with Crippen LogP contribution in [-0.4, -0.2) is 40.0 Å². The molecule has 1 atom stereocenters. The maximum absolute atomic E-state index is 12.4. The number of carbonyl (C=O) groups excluding carboxylic acids is 1. The molecule has 0 bridgehead atoms. The number of nitrogens with zero attached hydrogens (tertiary/aromatic N) is 2. The SMILES string of the molecule is CCCC1(C(=O)O)CCCN(C(=O)c2ccncc2)C1. The number of aliphatic carboxylic acids is 1. The smallest absolute Gasteiger partial charge is 0.311 e. The first-order chi connectivity index (χ1) is 9.59. The van der Waals surface area contributed by atoms with Crippen molar-refractivity contribution in [3.8, 4) is 0 Å². The zero-order valence-corrected chi connectivity index (χ0v) is 11.7. The Morgan fingerprint density at radius 1 is 1.40 bits per heavy atom. The quantitative estimate of drug-likeness (QED) is 0.915. The lowest BCUT2D eigenvalue weighted by Gasteiger charge is -2.40. The molecule has 5 heteroatoms. The zero-order valence-electron chi connectivity index (χ0n) is 11.7. The van der Waals surface area contributed by atoms with E-state index in [0.29, 0.717) is 31.5 Å². The third kappa shape index (κ3) is 2.81. The van der Waals surface area contributed by atoms with Gasteiger partial charge in [-0.3, -0.25) is 14.6 Å². The van der Waals surface area contributed by atoms with E-state index in [1.165, 1.54) is 0 Å². The van der Waals surface area contributed by atoms with Crippen molar-refractivity contribution in [1.29, 1.82) is 0 Å². The van der Waals surface area contributed by atoms with Gasteiger partial charge in [0.15, 0.2) is 0 Å². The summed E-state index contributed by atoms with van der Waals surface area (Å²) < 4.78 is 0. The highest BCUT2D eigenvalue weighted by Crippen LogP contribution is 2.35. The minimum atomic E-state index is -0.786. The Morgan fingerprint density at radius 2 is 2.10 bits per heavy atom. The number of carbonyl (C=O) groups is 2. The Kier molecular flexibility index (Phi) is 4.37. The van der Waals surface area contributed by atoms with Crippen molar-refractivity contribution in [3.05, 3.63) is 30.1 Å². The minimum Gasteiger partial charge on any atom is -0.481 e. The van der Waals surface area contributed by atoms with Crippen LogP contribution in [0.3, 0.4) is 0 Å². The van der Waals surface area contributed by atoms with Crippen LogP contribution in [0.25, 0.3) is 0 Å². The predicted octanol–water partition coefficient (Wildman–Crippen LogP) is 2.19. The van der Waals surface area contributed by atoms with Crippen molar-refractivity contribution in [2.45, 2.75) is 32.6 Å². The molecule has 1 aromatic rings. The van der Waals surface area contributed by atoms with Crippen LogP contribution in [0.4, 0.5) is 0 Å². The summed E-state index contributed by atoms with van der Waals surface area (Å²) in [4.78, 5) is 29.6. The monoisotopic (exact) mass is 276 g/mol. The summed E-state index contributed by atoms with van der Waals surface area (Å²) in [5, 5.41) is 9.54. The standard InChI is InChI=1S/C15H20N2O3/c1-2-6-15(14(19)20)7-3-10-17(11-15)13(18)12-4-8-16-9-5-12/h4-5,8-9H,2-3,6-7,10-11H2,1H3,(H,19,20). The second-order valence-electron chi connectivity index (χ2n) is 5.40. The normalized spacial score (nSPS) is 22.6. The first-order valence-electron chi connectivity index (χ1n) is 7.02. The molecule has 1 aliphatic heterocycles. The molecule has 2 heterocycles. The fourth-order valence-electron chi connectivity index (χ4n) is 2.95. The third-order valence-electron chi connectivity index (χ3n) is 3.97. The largest absolute Gasteiger partial charge is 0.481 e. The van der Waals surface area contributed by atoms with Crippen LogP contribution in [0.15, 0.2) is 24.5 Å². The number of likely N-dealkylation sites (tertiary alicyclic amines) is 1. The Labute approximate surface area is 118 Å². The Morgan fingerprint density at radius 3 is 2.70 bits per heavy atom. The molecule has 1 N–H and O–H groups in total. The maximum atomic E-state index is 12.4. The van der Waals surface area contributed by atoms with Crippen molar-refractivity contribution in [3.63, 3.8) is 0 Å². The number of carboxylic acids is 1. The highest BCUT2D eigenvalue weighted by Gasteiger charge is 2.42. The van der Waals surface area contributed by atoms with Gasteiger partial charge in [-0.1, -0.05) is 13.3 Å². The molecule has 0 spiro atoms. The fraction of sp³-hybridized carbons (Fsp3) is 0.533. The maximum Gasteiger partial charge on any atom is 0.311 e. The van der Waals surface area contributed by atoms with E-state index in [-0.39, 0.29) is 5.91 Å². The van der Waals surface area contributed by atoms with Crippen molar-refractivity contribution in [2.75, 3.05) is 13.1 Å². The van der Waals surface area contributed by atoms with Crippen LogP contribution >= 0.6 is 0 Å². The molecule has 1 aliphatic rings. The van der Waals surface area contributed by atoms with Crippen molar-refractivity contribution in [2.24, 2.45) is 5.41 Å². The van der Waals surface area contributed by atoms with Gasteiger partial charge >= 0.3 is 5.97 Å². The van der Waals surface area contributed by atoms with Gasteiger partial charge in [0, 0.05) is 31.0 Å². The number of rotatable bonds is 4. The van der Waals surface area contributed by atoms with E-state index in [1.54, 1.807) is 29.4 Å². The van der Waals surface area contributed by atoms with E-state index >= 15 is 0 Å². The average molecular weight is 276 g/mol. The highest BCUT2D eigenvalue weighted by molar-refractivity contribution is 5.94. The molecule has 1 fully saturated rings. The third-order valence-corrected chi connectivity index (χ3v) is 3.97. The van der Waals surface area contributed by atoms with E-state index in [0.717, 1.165) is 12.8 Å². The first kappa shape index (κ1) is 14.5. The lowest BCUT2D eigenvalue weighted by Crippen LogP contribution is -2.49. The number of piperidine rings is 1. The molecule has 2 rings (SSSR count). The lowest BCUT2D eigenvalue weighted by atomic mass is 9.76. The van der Waals surface area contributed by atoms with Crippen LogP contribution in [-0.2, 0) is 4.79 Å². The summed E-state index contributed by atoms with van der Waals surface area (Å²) in [6, 6.07) is 3.33. The number of carboxylic acid groups (broad SMARTS) is 1. The Balaban J connectivity index is 2.18. The van der Waals surface area contributed by atoms with Crippen molar-refractivity contribution >= 4 is 11.9 Å². The van der Waals surface area contributed by atoms with E-state index in [2.05, 4.69) is 4.98 Å². The van der Waals surface area contributed by atoms with Gasteiger partial charge in [-0.25, -0.2) is 0 Å². The molecule has 20 heavy (non-hydrogen) atoms. The van der Waals surface area contributed by atoms with Crippen LogP contribution in [0, 0.1) is 5.41 Å². The highest BCUT2D eigenvalue weighted by atomic mass is 16.4. The molecule has 1 aromatic heterocycles. The Hall–Kier alpha value is -1.91. The summed E-state index contributed by atoms with van der Waals surface area (Å²) in [6.45, 7) is 2.91. The number of pyridine rings is 1. The molecular weight excluding hydrogens is 256 g/mol. The van der Waals surface area contributed by atoms with E-state index in [9.17, 15) is 14.7 Å².